The van der Waals surface area contributed by atoms with E-state index in [-0.39, 0.29) is 35.7 Å². The first-order valence-corrected chi connectivity index (χ1v) is 26.3. The summed E-state index contributed by atoms with van der Waals surface area (Å²) in [5, 5.41) is 7.11. The third-order valence-corrected chi connectivity index (χ3v) is 15.0. The second kappa shape index (κ2) is 23.2. The third kappa shape index (κ3) is 10.1. The fraction of sp³-hybridized carbons (Fsp3) is 0.586. The molecule has 4 amide bonds. The summed E-state index contributed by atoms with van der Waals surface area (Å²) in [6.07, 6.45) is 31.6. The van der Waals surface area contributed by atoms with Crippen LogP contribution in [0.15, 0.2) is 48.5 Å². The summed E-state index contributed by atoms with van der Waals surface area (Å²) in [6, 6.07) is 15.7. The van der Waals surface area contributed by atoms with Crippen LogP contribution in [-0.4, -0.2) is 45.5 Å². The van der Waals surface area contributed by atoms with Gasteiger partial charge in [0.1, 0.15) is 0 Å². The maximum Gasteiger partial charge on any atom is 0.261 e. The molecule has 0 saturated heterocycles. The summed E-state index contributed by atoms with van der Waals surface area (Å²) in [5.41, 5.74) is 2.40. The average Bonchev–Trinajstić information content (AvgIpc) is 3.30. The molecule has 6 heteroatoms. The third-order valence-electron chi connectivity index (χ3n) is 15.0. The first-order chi connectivity index (χ1) is 31.4. The maximum atomic E-state index is 14.7. The summed E-state index contributed by atoms with van der Waals surface area (Å²) >= 11 is 0. The zero-order valence-corrected chi connectivity index (χ0v) is 40.1. The molecule has 5 aromatic rings. The van der Waals surface area contributed by atoms with E-state index in [1.165, 1.54) is 103 Å². The Morgan fingerprint density at radius 1 is 0.297 bits per heavy atom. The molecule has 2 heterocycles. The van der Waals surface area contributed by atoms with Gasteiger partial charge in [-0.25, -0.2) is 0 Å². The number of benzene rings is 5. The Kier molecular flexibility index (Phi) is 17.3. The molecule has 0 atom stereocenters. The van der Waals surface area contributed by atoms with Gasteiger partial charge in [-0.15, -0.1) is 0 Å². The molecule has 0 N–H and O–H groups in total. The molecule has 5 aromatic carbocycles. The van der Waals surface area contributed by atoms with Crippen LogP contribution in [0.3, 0.4) is 0 Å². The Labute approximate surface area is 384 Å². The van der Waals surface area contributed by atoms with E-state index in [1.54, 1.807) is 9.80 Å². The van der Waals surface area contributed by atoms with Gasteiger partial charge in [0.25, 0.3) is 23.6 Å². The topological polar surface area (TPSA) is 74.8 Å². The molecule has 0 fully saturated rings. The van der Waals surface area contributed by atoms with Gasteiger partial charge in [0.05, 0.1) is 0 Å². The summed E-state index contributed by atoms with van der Waals surface area (Å²) in [6.45, 7) is 8.96. The molecule has 0 aromatic heterocycles. The summed E-state index contributed by atoms with van der Waals surface area (Å²) in [4.78, 5) is 62.2. The van der Waals surface area contributed by atoms with Gasteiger partial charge in [-0.2, -0.15) is 0 Å². The van der Waals surface area contributed by atoms with Crippen molar-refractivity contribution >= 4 is 66.7 Å². The van der Waals surface area contributed by atoms with Crippen LogP contribution in [0.1, 0.15) is 249 Å². The number of carbonyl (C=O) groups excluding carboxylic acids is 4. The zero-order valence-electron chi connectivity index (χ0n) is 40.1. The number of hydrogen-bond acceptors (Lipinski definition) is 4. The van der Waals surface area contributed by atoms with Gasteiger partial charge in [-0.05, 0) is 82.3 Å². The molecule has 0 radical (unpaired) electrons. The molecule has 0 unspecified atom stereocenters. The van der Waals surface area contributed by atoms with Crippen molar-refractivity contribution < 1.29 is 19.2 Å². The first kappa shape index (κ1) is 47.6. The van der Waals surface area contributed by atoms with E-state index in [0.717, 1.165) is 120 Å². The Morgan fingerprint density at radius 2 is 0.516 bits per heavy atom. The highest BCUT2D eigenvalue weighted by atomic mass is 16.2. The van der Waals surface area contributed by atoms with E-state index in [4.69, 9.17) is 0 Å². The minimum absolute atomic E-state index is 0.115. The molecular formula is C58H78N2O4. The van der Waals surface area contributed by atoms with Crippen molar-refractivity contribution in [1.29, 1.82) is 0 Å². The standard InChI is InChI=1S/C58H78N2O4/c1-5-9-13-17-21-25-29-41(30-26-22-18-14-10-6-2)59-55(61)47-37-33-43-45-35-39-49-54-50(40-36-46(52(45)54)44-34-38-48(56(59)62)53(47)51(43)44)58(64)60(57(49)63)42(31-27-23-19-15-11-7-3)32-28-24-20-16-12-8-4/h33-42H,5-32H2,1-4H3. The van der Waals surface area contributed by atoms with Crippen molar-refractivity contribution in [2.45, 2.75) is 220 Å². The summed E-state index contributed by atoms with van der Waals surface area (Å²) < 4.78 is 0. The van der Waals surface area contributed by atoms with Gasteiger partial charge in [0.2, 0.25) is 0 Å². The number of carbonyl (C=O) groups is 4. The Hall–Kier alpha value is -4.32. The van der Waals surface area contributed by atoms with Crippen LogP contribution in [0.25, 0.3) is 43.1 Å². The van der Waals surface area contributed by atoms with Gasteiger partial charge >= 0.3 is 0 Å². The van der Waals surface area contributed by atoms with Crippen LogP contribution >= 0.6 is 0 Å². The average molecular weight is 867 g/mol. The van der Waals surface area contributed by atoms with Crippen molar-refractivity contribution in [2.24, 2.45) is 0 Å². The van der Waals surface area contributed by atoms with Crippen molar-refractivity contribution in [3.63, 3.8) is 0 Å². The van der Waals surface area contributed by atoms with Crippen molar-refractivity contribution in [3.05, 3.63) is 70.8 Å². The lowest BCUT2D eigenvalue weighted by Gasteiger charge is -2.35. The van der Waals surface area contributed by atoms with E-state index in [1.807, 2.05) is 24.3 Å². The predicted octanol–water partition coefficient (Wildman–Crippen LogP) is 16.7. The van der Waals surface area contributed by atoms with Crippen LogP contribution in [-0.2, 0) is 0 Å². The number of rotatable bonds is 30. The Bertz CT molecular complexity index is 2060. The molecule has 0 spiro atoms. The van der Waals surface area contributed by atoms with Crippen LogP contribution in [0.5, 0.6) is 0 Å². The van der Waals surface area contributed by atoms with Crippen molar-refractivity contribution in [2.75, 3.05) is 0 Å². The molecule has 7 rings (SSSR count). The van der Waals surface area contributed by atoms with Crippen molar-refractivity contribution in [1.82, 2.24) is 9.80 Å². The van der Waals surface area contributed by atoms with Gasteiger partial charge in [0, 0.05) is 45.1 Å². The molecule has 2 aliphatic rings. The number of nitrogens with zero attached hydrogens (tertiary/aromatic N) is 2. The number of hydrogen-bond donors (Lipinski definition) is 0. The van der Waals surface area contributed by atoms with E-state index in [9.17, 15) is 19.2 Å². The molecule has 344 valence electrons. The smallest absolute Gasteiger partial charge is 0.261 e. The lowest BCUT2D eigenvalue weighted by atomic mass is 9.81. The molecule has 0 saturated carbocycles. The fourth-order valence-corrected chi connectivity index (χ4v) is 11.4. The number of amides is 4. The van der Waals surface area contributed by atoms with E-state index >= 15 is 0 Å². The predicted molar refractivity (Wildman–Crippen MR) is 268 cm³/mol. The number of unbranched alkanes of at least 4 members (excludes halogenated alkanes) is 20. The second-order valence-electron chi connectivity index (χ2n) is 19.6. The summed E-state index contributed by atoms with van der Waals surface area (Å²) in [5.74, 6) is -0.696. The van der Waals surface area contributed by atoms with Crippen LogP contribution in [0.2, 0.25) is 0 Å². The zero-order chi connectivity index (χ0) is 45.0. The van der Waals surface area contributed by atoms with Crippen molar-refractivity contribution in [3.8, 4) is 0 Å². The van der Waals surface area contributed by atoms with Crippen LogP contribution < -0.4 is 0 Å². The van der Waals surface area contributed by atoms with Crippen LogP contribution in [0, 0.1) is 0 Å². The number of imide groups is 2. The SMILES string of the molecule is CCCCCCCCC(CCCCCCCC)N1C(=O)c2ccc3c4ccc5c6c(ccc(c7ccc(c2c37)C1=O)c64)C(=O)N(C(CCCCCCCC)CCCCCCCC)C5=O. The molecular weight excluding hydrogens is 789 g/mol. The molecule has 0 aliphatic carbocycles. The van der Waals surface area contributed by atoms with Gasteiger partial charge in [-0.1, -0.05) is 206 Å². The highest BCUT2D eigenvalue weighted by Crippen LogP contribution is 2.47. The Morgan fingerprint density at radius 3 is 0.750 bits per heavy atom. The second-order valence-corrected chi connectivity index (χ2v) is 19.6. The van der Waals surface area contributed by atoms with E-state index in [2.05, 4.69) is 52.0 Å². The fourth-order valence-electron chi connectivity index (χ4n) is 11.4. The van der Waals surface area contributed by atoms with Gasteiger partial charge < -0.3 is 0 Å². The maximum absolute atomic E-state index is 14.7. The highest BCUT2D eigenvalue weighted by Gasteiger charge is 2.40. The van der Waals surface area contributed by atoms with E-state index in [0.29, 0.717) is 22.3 Å². The molecule has 2 aliphatic heterocycles. The monoisotopic (exact) mass is 867 g/mol. The molecule has 0 bridgehead atoms. The quantitative estimate of drug-likeness (QED) is 0.0199. The largest absolute Gasteiger partial charge is 0.271 e. The lowest BCUT2D eigenvalue weighted by Crippen LogP contribution is -2.47. The molecule has 64 heavy (non-hydrogen) atoms. The minimum Gasteiger partial charge on any atom is -0.271 e. The minimum atomic E-state index is -0.174. The van der Waals surface area contributed by atoms with Gasteiger partial charge in [-0.3, -0.25) is 29.0 Å². The first-order valence-electron chi connectivity index (χ1n) is 26.3. The molecule has 6 nitrogen and oxygen atoms in total. The lowest BCUT2D eigenvalue weighted by molar-refractivity contribution is 0.0501. The number of fused-ring (bicyclic) bond motifs is 2. The summed E-state index contributed by atoms with van der Waals surface area (Å²) in [7, 11) is 0. The Balaban J connectivity index is 1.21. The van der Waals surface area contributed by atoms with Crippen LogP contribution in [0.4, 0.5) is 0 Å². The van der Waals surface area contributed by atoms with Gasteiger partial charge in [0.15, 0.2) is 0 Å². The normalized spacial score (nSPS) is 14.2. The highest BCUT2D eigenvalue weighted by molar-refractivity contribution is 6.41. The van der Waals surface area contributed by atoms with E-state index < -0.39 is 0 Å².